The molecule has 2 aromatic rings. The summed E-state index contributed by atoms with van der Waals surface area (Å²) in [7, 11) is 0. The van der Waals surface area contributed by atoms with E-state index in [4.69, 9.17) is 0 Å². The number of nitrogens with one attached hydrogen (secondary N) is 2. The van der Waals surface area contributed by atoms with Gasteiger partial charge in [-0.3, -0.25) is 5.10 Å². The lowest BCUT2D eigenvalue weighted by atomic mass is 10.4. The third-order valence-electron chi connectivity index (χ3n) is 1.71. The zero-order valence-electron chi connectivity index (χ0n) is 7.51. The van der Waals surface area contributed by atoms with Gasteiger partial charge in [-0.05, 0) is 6.07 Å². The Morgan fingerprint density at radius 2 is 2.29 bits per heavy atom. The van der Waals surface area contributed by atoms with Crippen LogP contribution in [0.1, 0.15) is 5.82 Å². The lowest BCUT2D eigenvalue weighted by Crippen LogP contribution is -2.07. The number of aromatic amines is 1. The molecule has 0 saturated heterocycles. The Morgan fingerprint density at radius 3 is 3.00 bits per heavy atom. The number of rotatable bonds is 4. The van der Waals surface area contributed by atoms with E-state index in [0.29, 0.717) is 0 Å². The fourth-order valence-corrected chi connectivity index (χ4v) is 1.06. The van der Waals surface area contributed by atoms with Crippen molar-refractivity contribution in [3.8, 4) is 0 Å². The first-order valence-corrected chi connectivity index (χ1v) is 4.29. The van der Waals surface area contributed by atoms with E-state index >= 15 is 0 Å². The van der Waals surface area contributed by atoms with Gasteiger partial charge in [0.1, 0.15) is 24.3 Å². The second kappa shape index (κ2) is 4.31. The largest absolute Gasteiger partial charge is 0.370 e. The molecule has 0 fully saturated rings. The first kappa shape index (κ1) is 8.61. The number of nitrogens with zero attached hydrogens (tertiary/aromatic N) is 4. The lowest BCUT2D eigenvalue weighted by Gasteiger charge is -2.01. The second-order valence-electron chi connectivity index (χ2n) is 2.70. The molecule has 0 aliphatic rings. The Labute approximate surface area is 80.8 Å². The van der Waals surface area contributed by atoms with Crippen LogP contribution in [0.25, 0.3) is 0 Å². The topological polar surface area (TPSA) is 79.4 Å². The molecule has 72 valence electrons. The lowest BCUT2D eigenvalue weighted by molar-refractivity contribution is 0.896. The van der Waals surface area contributed by atoms with Gasteiger partial charge in [-0.15, -0.1) is 0 Å². The number of hydrogen-bond donors (Lipinski definition) is 2. The van der Waals surface area contributed by atoms with Gasteiger partial charge in [-0.25, -0.2) is 15.0 Å². The van der Waals surface area contributed by atoms with E-state index in [1.54, 1.807) is 6.20 Å². The molecule has 0 atom stereocenters. The smallest absolute Gasteiger partial charge is 0.137 e. The average molecular weight is 190 g/mol. The van der Waals surface area contributed by atoms with Crippen LogP contribution < -0.4 is 5.32 Å². The molecule has 0 spiro atoms. The van der Waals surface area contributed by atoms with Crippen molar-refractivity contribution in [1.29, 1.82) is 0 Å². The van der Waals surface area contributed by atoms with Gasteiger partial charge in [0.05, 0.1) is 0 Å². The van der Waals surface area contributed by atoms with E-state index in [2.05, 4.69) is 30.5 Å². The number of anilines is 1. The normalized spacial score (nSPS) is 10.0. The molecule has 0 saturated carbocycles. The van der Waals surface area contributed by atoms with Crippen LogP contribution in [-0.2, 0) is 6.42 Å². The standard InChI is InChI=1S/C8H10N6/c1-3-9-5-11-7(1)10-4-2-8-12-6-13-14-8/h1,3,5-6H,2,4H2,(H,9,10,11)(H,12,13,14). The molecule has 0 radical (unpaired) electrons. The summed E-state index contributed by atoms with van der Waals surface area (Å²) in [6.07, 6.45) is 5.50. The highest BCUT2D eigenvalue weighted by Crippen LogP contribution is 1.97. The quantitative estimate of drug-likeness (QED) is 0.722. The first-order valence-electron chi connectivity index (χ1n) is 4.29. The van der Waals surface area contributed by atoms with E-state index in [-0.39, 0.29) is 0 Å². The third-order valence-corrected chi connectivity index (χ3v) is 1.71. The minimum Gasteiger partial charge on any atom is -0.370 e. The first-order chi connectivity index (χ1) is 6.95. The van der Waals surface area contributed by atoms with Crippen molar-refractivity contribution in [2.75, 3.05) is 11.9 Å². The van der Waals surface area contributed by atoms with Gasteiger partial charge < -0.3 is 5.32 Å². The molecule has 14 heavy (non-hydrogen) atoms. The van der Waals surface area contributed by atoms with Crippen LogP contribution in [0.3, 0.4) is 0 Å². The van der Waals surface area contributed by atoms with Crippen molar-refractivity contribution >= 4 is 5.82 Å². The summed E-state index contributed by atoms with van der Waals surface area (Å²) < 4.78 is 0. The molecule has 0 unspecified atom stereocenters. The molecule has 0 bridgehead atoms. The van der Waals surface area contributed by atoms with Crippen LogP contribution in [-0.4, -0.2) is 31.7 Å². The van der Waals surface area contributed by atoms with Crippen LogP contribution in [0.4, 0.5) is 5.82 Å². The fraction of sp³-hybridized carbons (Fsp3) is 0.250. The molecule has 2 aromatic heterocycles. The molecular weight excluding hydrogens is 180 g/mol. The molecule has 6 nitrogen and oxygen atoms in total. The van der Waals surface area contributed by atoms with Gasteiger partial charge in [0, 0.05) is 19.2 Å². The van der Waals surface area contributed by atoms with Crippen LogP contribution >= 0.6 is 0 Å². The van der Waals surface area contributed by atoms with Gasteiger partial charge in [-0.1, -0.05) is 0 Å². The summed E-state index contributed by atoms with van der Waals surface area (Å²) in [5.74, 6) is 1.69. The SMILES string of the molecule is c1cc(NCCc2ncn[nH]2)ncn1. The number of H-pyrrole nitrogens is 1. The molecule has 0 aliphatic heterocycles. The number of aromatic nitrogens is 5. The molecule has 2 N–H and O–H groups in total. The van der Waals surface area contributed by atoms with Crippen molar-refractivity contribution in [2.45, 2.75) is 6.42 Å². The van der Waals surface area contributed by atoms with Crippen molar-refractivity contribution in [3.63, 3.8) is 0 Å². The molecule has 0 amide bonds. The minimum atomic E-state index is 0.770. The van der Waals surface area contributed by atoms with Gasteiger partial charge in [-0.2, -0.15) is 5.10 Å². The Morgan fingerprint density at radius 1 is 1.29 bits per heavy atom. The Bertz CT molecular complexity index is 357. The zero-order chi connectivity index (χ0) is 9.64. The molecule has 2 rings (SSSR count). The van der Waals surface area contributed by atoms with Crippen LogP contribution in [0.2, 0.25) is 0 Å². The molecule has 6 heteroatoms. The van der Waals surface area contributed by atoms with Crippen molar-refractivity contribution in [1.82, 2.24) is 25.1 Å². The maximum absolute atomic E-state index is 4.03. The van der Waals surface area contributed by atoms with Gasteiger partial charge in [0.2, 0.25) is 0 Å². The summed E-state index contributed by atoms with van der Waals surface area (Å²) in [5.41, 5.74) is 0. The summed E-state index contributed by atoms with van der Waals surface area (Å²) in [6, 6.07) is 1.82. The summed E-state index contributed by atoms with van der Waals surface area (Å²) in [6.45, 7) is 0.770. The van der Waals surface area contributed by atoms with Crippen molar-refractivity contribution in [3.05, 3.63) is 30.7 Å². The zero-order valence-corrected chi connectivity index (χ0v) is 7.51. The predicted octanol–water partition coefficient (Wildman–Crippen LogP) is 0.249. The monoisotopic (exact) mass is 190 g/mol. The van der Waals surface area contributed by atoms with Crippen molar-refractivity contribution < 1.29 is 0 Å². The van der Waals surface area contributed by atoms with E-state index in [1.807, 2.05) is 6.07 Å². The number of hydrogen-bond acceptors (Lipinski definition) is 5. The Kier molecular flexibility index (Phi) is 2.65. The van der Waals surface area contributed by atoms with E-state index in [0.717, 1.165) is 24.6 Å². The van der Waals surface area contributed by atoms with E-state index in [9.17, 15) is 0 Å². The van der Waals surface area contributed by atoms with E-state index in [1.165, 1.54) is 12.7 Å². The third kappa shape index (κ3) is 2.25. The van der Waals surface area contributed by atoms with Crippen LogP contribution in [0.5, 0.6) is 0 Å². The minimum absolute atomic E-state index is 0.770. The van der Waals surface area contributed by atoms with Gasteiger partial charge >= 0.3 is 0 Å². The summed E-state index contributed by atoms with van der Waals surface area (Å²) in [4.78, 5) is 11.9. The van der Waals surface area contributed by atoms with Crippen LogP contribution in [0.15, 0.2) is 24.9 Å². The Balaban J connectivity index is 1.79. The Hall–Kier alpha value is -1.98. The van der Waals surface area contributed by atoms with Gasteiger partial charge in [0.25, 0.3) is 0 Å². The summed E-state index contributed by atoms with van der Waals surface area (Å²) >= 11 is 0. The maximum atomic E-state index is 4.03. The highest BCUT2D eigenvalue weighted by Gasteiger charge is 1.95. The maximum Gasteiger partial charge on any atom is 0.137 e. The molecule has 0 aliphatic carbocycles. The fourth-order valence-electron chi connectivity index (χ4n) is 1.06. The predicted molar refractivity (Wildman–Crippen MR) is 50.6 cm³/mol. The molecule has 2 heterocycles. The van der Waals surface area contributed by atoms with E-state index < -0.39 is 0 Å². The molecule has 0 aromatic carbocycles. The summed E-state index contributed by atoms with van der Waals surface area (Å²) in [5, 5.41) is 9.69. The van der Waals surface area contributed by atoms with Gasteiger partial charge in [0.15, 0.2) is 0 Å². The highest BCUT2D eigenvalue weighted by atomic mass is 15.2. The second-order valence-corrected chi connectivity index (χ2v) is 2.70. The van der Waals surface area contributed by atoms with Crippen LogP contribution in [0, 0.1) is 0 Å². The molecular formula is C8H10N6. The highest BCUT2D eigenvalue weighted by molar-refractivity contribution is 5.31. The van der Waals surface area contributed by atoms with Crippen molar-refractivity contribution in [2.24, 2.45) is 0 Å². The average Bonchev–Trinajstić information content (AvgIpc) is 2.72.